The van der Waals surface area contributed by atoms with Crippen molar-refractivity contribution in [2.24, 2.45) is 0 Å². The molecule has 15 heavy (non-hydrogen) atoms. The maximum atomic E-state index is 11.3. The van der Waals surface area contributed by atoms with Crippen molar-refractivity contribution < 1.29 is 9.90 Å². The van der Waals surface area contributed by atoms with Crippen molar-refractivity contribution in [2.45, 2.75) is 44.2 Å². The van der Waals surface area contributed by atoms with E-state index in [9.17, 15) is 9.90 Å². The third-order valence-corrected chi connectivity index (χ3v) is 2.97. The number of hydrogen-bond donors (Lipinski definition) is 2. The van der Waals surface area contributed by atoms with Crippen LogP contribution in [-0.4, -0.2) is 48.7 Å². The summed E-state index contributed by atoms with van der Waals surface area (Å²) in [5.74, 6) is 0.132. The molecule has 0 aromatic carbocycles. The van der Waals surface area contributed by atoms with E-state index in [-0.39, 0.29) is 18.1 Å². The fraction of sp³-hybridized carbons (Fsp3) is 0.909. The third kappa shape index (κ3) is 4.18. The molecular weight excluding hydrogens is 192 g/mol. The Morgan fingerprint density at radius 1 is 1.40 bits per heavy atom. The molecule has 88 valence electrons. The van der Waals surface area contributed by atoms with Crippen molar-refractivity contribution in [2.75, 3.05) is 20.6 Å². The third-order valence-electron chi connectivity index (χ3n) is 2.97. The molecule has 0 heterocycles. The van der Waals surface area contributed by atoms with Gasteiger partial charge >= 0.3 is 0 Å². The van der Waals surface area contributed by atoms with Crippen LogP contribution in [0.5, 0.6) is 0 Å². The molecule has 4 nitrogen and oxygen atoms in total. The normalized spacial score (nSPS) is 26.3. The highest BCUT2D eigenvalue weighted by molar-refractivity contribution is 5.75. The van der Waals surface area contributed by atoms with Crippen LogP contribution in [0.15, 0.2) is 0 Å². The first-order valence-electron chi connectivity index (χ1n) is 5.73. The molecule has 1 fully saturated rings. The van der Waals surface area contributed by atoms with Crippen LogP contribution >= 0.6 is 0 Å². The van der Waals surface area contributed by atoms with Gasteiger partial charge in [0.1, 0.15) is 0 Å². The molecule has 0 aromatic rings. The zero-order valence-corrected chi connectivity index (χ0v) is 9.70. The number of amides is 1. The van der Waals surface area contributed by atoms with E-state index in [0.29, 0.717) is 13.0 Å². The average Bonchev–Trinajstić information content (AvgIpc) is 2.20. The number of nitrogens with zero attached hydrogens (tertiary/aromatic N) is 1. The second-order valence-electron chi connectivity index (χ2n) is 4.45. The van der Waals surface area contributed by atoms with Gasteiger partial charge in [-0.3, -0.25) is 4.79 Å². The molecule has 2 N–H and O–H groups in total. The summed E-state index contributed by atoms with van der Waals surface area (Å²) in [6.07, 6.45) is 4.49. The zero-order valence-electron chi connectivity index (χ0n) is 9.70. The standard InChI is InChI=1S/C11H22N2O2/c1-13(2)11(15)7-8-12-9-5-3-4-6-10(9)14/h9-10,12,14H,3-8H2,1-2H3/t9-,10-/m0/s1. The van der Waals surface area contributed by atoms with E-state index in [4.69, 9.17) is 0 Å². The van der Waals surface area contributed by atoms with Gasteiger partial charge in [0.25, 0.3) is 0 Å². The molecule has 1 aliphatic rings. The molecule has 0 unspecified atom stereocenters. The van der Waals surface area contributed by atoms with Gasteiger partial charge in [-0.15, -0.1) is 0 Å². The van der Waals surface area contributed by atoms with E-state index in [0.717, 1.165) is 19.3 Å². The lowest BCUT2D eigenvalue weighted by Crippen LogP contribution is -2.43. The lowest BCUT2D eigenvalue weighted by molar-refractivity contribution is -0.128. The first-order chi connectivity index (χ1) is 7.11. The summed E-state index contributed by atoms with van der Waals surface area (Å²) in [6.45, 7) is 0.665. The highest BCUT2D eigenvalue weighted by Crippen LogP contribution is 2.18. The van der Waals surface area contributed by atoms with Crippen LogP contribution in [-0.2, 0) is 4.79 Å². The van der Waals surface area contributed by atoms with Gasteiger partial charge < -0.3 is 15.3 Å². The second kappa shape index (κ2) is 6.08. The van der Waals surface area contributed by atoms with Gasteiger partial charge in [-0.2, -0.15) is 0 Å². The van der Waals surface area contributed by atoms with Crippen molar-refractivity contribution >= 4 is 5.91 Å². The van der Waals surface area contributed by atoms with Gasteiger partial charge in [0.2, 0.25) is 5.91 Å². The van der Waals surface area contributed by atoms with Crippen molar-refractivity contribution in [1.82, 2.24) is 10.2 Å². The van der Waals surface area contributed by atoms with E-state index < -0.39 is 0 Å². The molecule has 1 rings (SSSR count). The van der Waals surface area contributed by atoms with Crippen LogP contribution in [0.2, 0.25) is 0 Å². The minimum absolute atomic E-state index is 0.132. The summed E-state index contributed by atoms with van der Waals surface area (Å²) in [7, 11) is 3.52. The number of hydrogen-bond acceptors (Lipinski definition) is 3. The summed E-state index contributed by atoms with van der Waals surface area (Å²) in [5, 5.41) is 12.9. The first-order valence-corrected chi connectivity index (χ1v) is 5.73. The Bertz CT molecular complexity index is 207. The number of nitrogens with one attached hydrogen (secondary N) is 1. The van der Waals surface area contributed by atoms with Gasteiger partial charge in [0, 0.05) is 33.1 Å². The first kappa shape index (κ1) is 12.5. The van der Waals surface area contributed by atoms with Crippen molar-refractivity contribution in [3.8, 4) is 0 Å². The van der Waals surface area contributed by atoms with Crippen LogP contribution in [0.25, 0.3) is 0 Å². The van der Waals surface area contributed by atoms with Crippen LogP contribution in [0, 0.1) is 0 Å². The number of aliphatic hydroxyl groups excluding tert-OH is 1. The lowest BCUT2D eigenvalue weighted by Gasteiger charge is -2.28. The summed E-state index contributed by atoms with van der Waals surface area (Å²) in [6, 6.07) is 0.189. The van der Waals surface area contributed by atoms with Crippen LogP contribution in [0.3, 0.4) is 0 Å². The summed E-state index contributed by atoms with van der Waals surface area (Å²) >= 11 is 0. The molecule has 1 saturated carbocycles. The van der Waals surface area contributed by atoms with E-state index in [1.807, 2.05) is 0 Å². The Morgan fingerprint density at radius 3 is 2.67 bits per heavy atom. The fourth-order valence-corrected chi connectivity index (χ4v) is 1.94. The van der Waals surface area contributed by atoms with E-state index in [1.165, 1.54) is 6.42 Å². The van der Waals surface area contributed by atoms with Gasteiger partial charge in [0.05, 0.1) is 6.10 Å². The number of aliphatic hydroxyl groups is 1. The Labute approximate surface area is 91.6 Å². The van der Waals surface area contributed by atoms with Crippen LogP contribution < -0.4 is 5.32 Å². The van der Waals surface area contributed by atoms with E-state index >= 15 is 0 Å². The predicted octanol–water partition coefficient (Wildman–Crippen LogP) is 0.358. The number of rotatable bonds is 4. The Balaban J connectivity index is 2.16. The van der Waals surface area contributed by atoms with Gasteiger partial charge in [0.15, 0.2) is 0 Å². The molecule has 2 atom stereocenters. The molecule has 4 heteroatoms. The molecule has 0 spiro atoms. The number of carbonyl (C=O) groups excluding carboxylic acids is 1. The highest BCUT2D eigenvalue weighted by Gasteiger charge is 2.22. The van der Waals surface area contributed by atoms with Crippen molar-refractivity contribution in [3.05, 3.63) is 0 Å². The second-order valence-corrected chi connectivity index (χ2v) is 4.45. The zero-order chi connectivity index (χ0) is 11.3. The largest absolute Gasteiger partial charge is 0.392 e. The minimum atomic E-state index is -0.229. The van der Waals surface area contributed by atoms with Crippen molar-refractivity contribution in [3.63, 3.8) is 0 Å². The fourth-order valence-electron chi connectivity index (χ4n) is 1.94. The molecule has 1 amide bonds. The molecule has 0 aromatic heterocycles. The number of carbonyl (C=O) groups is 1. The summed E-state index contributed by atoms with van der Waals surface area (Å²) in [4.78, 5) is 12.9. The van der Waals surface area contributed by atoms with E-state index in [2.05, 4.69) is 5.32 Å². The molecule has 0 bridgehead atoms. The lowest BCUT2D eigenvalue weighted by atomic mass is 9.92. The summed E-state index contributed by atoms with van der Waals surface area (Å²) in [5.41, 5.74) is 0. The molecule has 1 aliphatic carbocycles. The van der Waals surface area contributed by atoms with Crippen LogP contribution in [0.4, 0.5) is 0 Å². The Morgan fingerprint density at radius 2 is 2.07 bits per heavy atom. The van der Waals surface area contributed by atoms with E-state index in [1.54, 1.807) is 19.0 Å². The monoisotopic (exact) mass is 214 g/mol. The Kier molecular flexibility index (Phi) is 5.05. The smallest absolute Gasteiger partial charge is 0.223 e. The van der Waals surface area contributed by atoms with Crippen LogP contribution in [0.1, 0.15) is 32.1 Å². The van der Waals surface area contributed by atoms with Gasteiger partial charge in [-0.25, -0.2) is 0 Å². The highest BCUT2D eigenvalue weighted by atomic mass is 16.3. The minimum Gasteiger partial charge on any atom is -0.392 e. The molecule has 0 radical (unpaired) electrons. The predicted molar refractivity (Wildman–Crippen MR) is 59.6 cm³/mol. The van der Waals surface area contributed by atoms with Gasteiger partial charge in [-0.05, 0) is 12.8 Å². The quantitative estimate of drug-likeness (QED) is 0.710. The van der Waals surface area contributed by atoms with Crippen molar-refractivity contribution in [1.29, 1.82) is 0 Å². The average molecular weight is 214 g/mol. The topological polar surface area (TPSA) is 52.6 Å². The molecular formula is C11H22N2O2. The van der Waals surface area contributed by atoms with Gasteiger partial charge in [-0.1, -0.05) is 12.8 Å². The maximum Gasteiger partial charge on any atom is 0.223 e. The molecule has 0 aliphatic heterocycles. The Hall–Kier alpha value is -0.610. The molecule has 0 saturated heterocycles. The summed E-state index contributed by atoms with van der Waals surface area (Å²) < 4.78 is 0. The maximum absolute atomic E-state index is 11.3. The SMILES string of the molecule is CN(C)C(=O)CCN[C@H]1CCCC[C@@H]1O.